The van der Waals surface area contributed by atoms with E-state index in [1.807, 2.05) is 13.0 Å². The van der Waals surface area contributed by atoms with E-state index in [1.165, 1.54) is 0 Å². The van der Waals surface area contributed by atoms with Crippen LogP contribution < -0.4 is 5.32 Å². The van der Waals surface area contributed by atoms with Crippen LogP contribution in [-0.2, 0) is 16.0 Å². The molecule has 2 amide bonds. The van der Waals surface area contributed by atoms with Crippen molar-refractivity contribution < 1.29 is 9.59 Å². The minimum atomic E-state index is 0.00638. The van der Waals surface area contributed by atoms with Crippen LogP contribution >= 0.6 is 0 Å². The van der Waals surface area contributed by atoms with Crippen molar-refractivity contribution in [3.8, 4) is 0 Å². The number of carbonyl (C=O) groups is 2. The second kappa shape index (κ2) is 8.19. The van der Waals surface area contributed by atoms with Gasteiger partial charge in [0.25, 0.3) is 0 Å². The zero-order valence-corrected chi connectivity index (χ0v) is 15.0. The lowest BCUT2D eigenvalue weighted by molar-refractivity contribution is -0.130. The lowest BCUT2D eigenvalue weighted by Gasteiger charge is -2.24. The van der Waals surface area contributed by atoms with Crippen molar-refractivity contribution in [3.05, 3.63) is 23.3 Å². The highest BCUT2D eigenvalue weighted by Crippen LogP contribution is 2.29. The summed E-state index contributed by atoms with van der Waals surface area (Å²) in [4.78, 5) is 36.5. The highest BCUT2D eigenvalue weighted by Gasteiger charge is 2.30. The third kappa shape index (κ3) is 4.74. The summed E-state index contributed by atoms with van der Waals surface area (Å²) in [5.74, 6) is 0.868. The predicted octanol–water partition coefficient (Wildman–Crippen LogP) is 0.689. The van der Waals surface area contributed by atoms with E-state index in [2.05, 4.69) is 20.2 Å². The Kier molecular flexibility index (Phi) is 6.25. The number of hydrogen-bond donors (Lipinski definition) is 1. The number of hydrogen-bond acceptors (Lipinski definition) is 5. The fraction of sp³-hybridized carbons (Fsp3) is 0.647. The van der Waals surface area contributed by atoms with E-state index in [4.69, 9.17) is 0 Å². The summed E-state index contributed by atoms with van der Waals surface area (Å²) in [6.07, 6.45) is 3.01. The monoisotopic (exact) mass is 333 g/mol. The van der Waals surface area contributed by atoms with Gasteiger partial charge in [0.2, 0.25) is 11.8 Å². The van der Waals surface area contributed by atoms with E-state index < -0.39 is 0 Å². The number of aromatic nitrogens is 2. The second-order valence-electron chi connectivity index (χ2n) is 6.45. The highest BCUT2D eigenvalue weighted by atomic mass is 16.2. The number of amides is 2. The van der Waals surface area contributed by atoms with Crippen LogP contribution in [0.5, 0.6) is 0 Å². The predicted molar refractivity (Wildman–Crippen MR) is 91.4 cm³/mol. The average Bonchev–Trinajstić information content (AvgIpc) is 3.00. The number of aryl methyl sites for hydroxylation is 2. The SMILES string of the molecule is CNC(=O)CCc1cc(C)nc(C2CCCN2CC(=O)N(C)C)n1. The van der Waals surface area contributed by atoms with Gasteiger partial charge in [0.15, 0.2) is 0 Å². The number of likely N-dealkylation sites (N-methyl/N-ethyl adjacent to an activating group) is 1. The molecule has 1 aromatic rings. The molecule has 132 valence electrons. The number of likely N-dealkylation sites (tertiary alicyclic amines) is 1. The van der Waals surface area contributed by atoms with Crippen molar-refractivity contribution in [2.75, 3.05) is 34.2 Å². The second-order valence-corrected chi connectivity index (χ2v) is 6.45. The van der Waals surface area contributed by atoms with Crippen molar-refractivity contribution in [2.24, 2.45) is 0 Å². The maximum Gasteiger partial charge on any atom is 0.236 e. The zero-order valence-electron chi connectivity index (χ0n) is 15.0. The number of nitrogens with one attached hydrogen (secondary N) is 1. The van der Waals surface area contributed by atoms with Crippen LogP contribution in [-0.4, -0.2) is 65.8 Å². The minimum absolute atomic E-state index is 0.00638. The zero-order chi connectivity index (χ0) is 17.7. The molecular weight excluding hydrogens is 306 g/mol. The Bertz CT molecular complexity index is 603. The molecule has 1 aromatic heterocycles. The Balaban J connectivity index is 2.13. The Morgan fingerprint density at radius 1 is 1.38 bits per heavy atom. The number of carbonyl (C=O) groups excluding carboxylic acids is 2. The summed E-state index contributed by atoms with van der Waals surface area (Å²) >= 11 is 0. The fourth-order valence-corrected chi connectivity index (χ4v) is 2.93. The van der Waals surface area contributed by atoms with Gasteiger partial charge in [0.1, 0.15) is 5.82 Å². The molecule has 1 N–H and O–H groups in total. The van der Waals surface area contributed by atoms with Crippen LogP contribution in [0.3, 0.4) is 0 Å². The third-order valence-electron chi connectivity index (χ3n) is 4.31. The van der Waals surface area contributed by atoms with E-state index in [-0.39, 0.29) is 17.9 Å². The Morgan fingerprint density at radius 3 is 2.79 bits per heavy atom. The molecule has 7 heteroatoms. The van der Waals surface area contributed by atoms with Crippen molar-refractivity contribution in [2.45, 2.75) is 38.6 Å². The highest BCUT2D eigenvalue weighted by molar-refractivity contribution is 5.77. The molecule has 2 heterocycles. The molecule has 0 radical (unpaired) electrons. The van der Waals surface area contributed by atoms with Crippen molar-refractivity contribution >= 4 is 11.8 Å². The number of nitrogens with zero attached hydrogens (tertiary/aromatic N) is 4. The van der Waals surface area contributed by atoms with Gasteiger partial charge in [-0.3, -0.25) is 14.5 Å². The smallest absolute Gasteiger partial charge is 0.236 e. The summed E-state index contributed by atoms with van der Waals surface area (Å²) < 4.78 is 0. The first kappa shape index (κ1) is 18.3. The van der Waals surface area contributed by atoms with Crippen LogP contribution in [0.15, 0.2) is 6.07 Å². The molecule has 0 aromatic carbocycles. The maximum absolute atomic E-state index is 12.0. The van der Waals surface area contributed by atoms with Gasteiger partial charge in [-0.2, -0.15) is 0 Å². The molecule has 1 atom stereocenters. The molecule has 24 heavy (non-hydrogen) atoms. The molecule has 2 rings (SSSR count). The first-order chi connectivity index (χ1) is 11.4. The molecule has 1 fully saturated rings. The lowest BCUT2D eigenvalue weighted by Crippen LogP contribution is -2.36. The first-order valence-electron chi connectivity index (χ1n) is 8.40. The fourth-order valence-electron chi connectivity index (χ4n) is 2.93. The van der Waals surface area contributed by atoms with E-state index in [0.717, 1.165) is 36.6 Å². The van der Waals surface area contributed by atoms with Crippen LogP contribution in [0.4, 0.5) is 0 Å². The van der Waals surface area contributed by atoms with Crippen LogP contribution in [0.1, 0.15) is 42.5 Å². The van der Waals surface area contributed by atoms with Gasteiger partial charge in [-0.05, 0) is 38.8 Å². The normalized spacial score (nSPS) is 17.8. The Morgan fingerprint density at radius 2 is 2.12 bits per heavy atom. The molecule has 0 saturated carbocycles. The molecule has 1 aliphatic rings. The molecule has 1 saturated heterocycles. The summed E-state index contributed by atoms with van der Waals surface area (Å²) in [5, 5.41) is 2.63. The van der Waals surface area contributed by atoms with Gasteiger partial charge in [-0.25, -0.2) is 9.97 Å². The topological polar surface area (TPSA) is 78.4 Å². The first-order valence-corrected chi connectivity index (χ1v) is 8.40. The van der Waals surface area contributed by atoms with Gasteiger partial charge in [-0.1, -0.05) is 0 Å². The van der Waals surface area contributed by atoms with E-state index >= 15 is 0 Å². The molecule has 1 unspecified atom stereocenters. The minimum Gasteiger partial charge on any atom is -0.359 e. The average molecular weight is 333 g/mol. The van der Waals surface area contributed by atoms with Crippen molar-refractivity contribution in [1.29, 1.82) is 0 Å². The lowest BCUT2D eigenvalue weighted by atomic mass is 10.1. The van der Waals surface area contributed by atoms with Gasteiger partial charge in [0.05, 0.1) is 12.6 Å². The molecule has 1 aliphatic heterocycles. The third-order valence-corrected chi connectivity index (χ3v) is 4.31. The van der Waals surface area contributed by atoms with Crippen LogP contribution in [0.25, 0.3) is 0 Å². The van der Waals surface area contributed by atoms with E-state index in [1.54, 1.807) is 26.0 Å². The maximum atomic E-state index is 12.0. The quantitative estimate of drug-likeness (QED) is 0.829. The van der Waals surface area contributed by atoms with Gasteiger partial charge >= 0.3 is 0 Å². The van der Waals surface area contributed by atoms with E-state index in [9.17, 15) is 9.59 Å². The Hall–Kier alpha value is -2.02. The molecule has 7 nitrogen and oxygen atoms in total. The van der Waals surface area contributed by atoms with Crippen LogP contribution in [0, 0.1) is 6.92 Å². The van der Waals surface area contributed by atoms with Crippen molar-refractivity contribution in [1.82, 2.24) is 25.1 Å². The summed E-state index contributed by atoms with van der Waals surface area (Å²) in [5.41, 5.74) is 1.78. The standard InChI is InChI=1S/C17H27N5O2/c1-12-10-13(7-8-15(23)18-2)20-17(19-12)14-6-5-9-22(14)11-16(24)21(3)4/h10,14H,5-9,11H2,1-4H3,(H,18,23). The van der Waals surface area contributed by atoms with Gasteiger partial charge < -0.3 is 10.2 Å². The summed E-state index contributed by atoms with van der Waals surface area (Å²) in [6, 6.07) is 2.00. The van der Waals surface area contributed by atoms with Crippen LogP contribution in [0.2, 0.25) is 0 Å². The van der Waals surface area contributed by atoms with E-state index in [0.29, 0.717) is 19.4 Å². The van der Waals surface area contributed by atoms with Gasteiger partial charge in [0, 0.05) is 39.0 Å². The number of rotatable bonds is 6. The van der Waals surface area contributed by atoms with Crippen molar-refractivity contribution in [3.63, 3.8) is 0 Å². The molecular formula is C17H27N5O2. The Labute approximate surface area is 143 Å². The summed E-state index contributed by atoms with van der Waals surface area (Å²) in [7, 11) is 5.18. The molecule has 0 spiro atoms. The largest absolute Gasteiger partial charge is 0.359 e. The molecule has 0 aliphatic carbocycles. The molecule has 0 bridgehead atoms. The van der Waals surface area contributed by atoms with Gasteiger partial charge in [-0.15, -0.1) is 0 Å². The summed E-state index contributed by atoms with van der Waals surface area (Å²) in [6.45, 7) is 3.22.